The van der Waals surface area contributed by atoms with E-state index in [1.807, 2.05) is 0 Å². The zero-order valence-electron chi connectivity index (χ0n) is 16.1. The van der Waals surface area contributed by atoms with Crippen LogP contribution in [0.1, 0.15) is 41.6 Å². The van der Waals surface area contributed by atoms with Crippen molar-refractivity contribution in [2.75, 3.05) is 26.2 Å². The van der Waals surface area contributed by atoms with Crippen LogP contribution in [0, 0.1) is 0 Å². The number of hydrogen-bond donors (Lipinski definition) is 0. The van der Waals surface area contributed by atoms with Crippen molar-refractivity contribution in [1.82, 2.24) is 19.3 Å². The number of thiophene rings is 1. The van der Waals surface area contributed by atoms with Gasteiger partial charge in [0.05, 0.1) is 6.26 Å². The van der Waals surface area contributed by atoms with Gasteiger partial charge in [-0.05, 0) is 31.0 Å². The highest BCUT2D eigenvalue weighted by Gasteiger charge is 2.32. The zero-order valence-corrected chi connectivity index (χ0v) is 17.7. The lowest BCUT2D eigenvalue weighted by molar-refractivity contribution is 0.0666. The zero-order chi connectivity index (χ0) is 20.7. The van der Waals surface area contributed by atoms with Gasteiger partial charge in [-0.25, -0.2) is 8.42 Å². The Morgan fingerprint density at radius 3 is 2.67 bits per heavy atom. The first-order valence-electron chi connectivity index (χ1n) is 9.78. The maximum Gasteiger partial charge on any atom is 0.289 e. The first kappa shape index (κ1) is 19.5. The van der Waals surface area contributed by atoms with Gasteiger partial charge in [-0.1, -0.05) is 11.6 Å². The van der Waals surface area contributed by atoms with Gasteiger partial charge in [0, 0.05) is 43.0 Å². The smallest absolute Gasteiger partial charge is 0.289 e. The number of sulfonamides is 1. The molecule has 1 amide bonds. The van der Waals surface area contributed by atoms with Crippen LogP contribution in [0.5, 0.6) is 0 Å². The third-order valence-electron chi connectivity index (χ3n) is 5.58. The number of furan rings is 1. The maximum atomic E-state index is 13.1. The summed E-state index contributed by atoms with van der Waals surface area (Å²) in [5.41, 5.74) is 0.638. The van der Waals surface area contributed by atoms with E-state index < -0.39 is 10.0 Å². The molecule has 0 spiro atoms. The third-order valence-corrected chi connectivity index (χ3v) is 8.90. The average molecular weight is 449 g/mol. The number of piperazine rings is 1. The Labute approximate surface area is 177 Å². The quantitative estimate of drug-likeness (QED) is 0.590. The van der Waals surface area contributed by atoms with Gasteiger partial charge in [0.2, 0.25) is 11.7 Å². The van der Waals surface area contributed by atoms with E-state index in [4.69, 9.17) is 8.94 Å². The summed E-state index contributed by atoms with van der Waals surface area (Å²) in [6, 6.07) is 4.85. The van der Waals surface area contributed by atoms with Gasteiger partial charge >= 0.3 is 0 Å². The summed E-state index contributed by atoms with van der Waals surface area (Å²) in [5, 5.41) is 5.75. The topological polar surface area (TPSA) is 110 Å². The van der Waals surface area contributed by atoms with E-state index in [1.165, 1.54) is 17.0 Å². The van der Waals surface area contributed by atoms with Crippen LogP contribution in [0.3, 0.4) is 0 Å². The van der Waals surface area contributed by atoms with Crippen LogP contribution in [0.15, 0.2) is 43.0 Å². The Morgan fingerprint density at radius 2 is 2.00 bits per heavy atom. The number of aromatic nitrogens is 2. The molecule has 0 atom stereocenters. The summed E-state index contributed by atoms with van der Waals surface area (Å²) >= 11 is 1.14. The van der Waals surface area contributed by atoms with Crippen LogP contribution < -0.4 is 0 Å². The van der Waals surface area contributed by atoms with Gasteiger partial charge in [-0.3, -0.25) is 4.79 Å². The second kappa shape index (κ2) is 7.64. The summed E-state index contributed by atoms with van der Waals surface area (Å²) in [5.74, 6) is 1.41. The summed E-state index contributed by atoms with van der Waals surface area (Å²) in [6.45, 7) is 1.09. The molecule has 2 aliphatic rings. The monoisotopic (exact) mass is 448 g/mol. The van der Waals surface area contributed by atoms with Crippen molar-refractivity contribution in [3.05, 3.63) is 41.5 Å². The molecule has 1 aliphatic carbocycles. The predicted molar refractivity (Wildman–Crippen MR) is 108 cm³/mol. The van der Waals surface area contributed by atoms with Gasteiger partial charge in [-0.2, -0.15) is 9.29 Å². The highest BCUT2D eigenvalue weighted by molar-refractivity contribution is 7.91. The minimum absolute atomic E-state index is 0.227. The Morgan fingerprint density at radius 1 is 1.20 bits per heavy atom. The molecule has 30 heavy (non-hydrogen) atoms. The Balaban J connectivity index is 1.27. The molecular weight excluding hydrogens is 428 g/mol. The minimum atomic E-state index is -3.65. The van der Waals surface area contributed by atoms with Gasteiger partial charge in [0.1, 0.15) is 4.21 Å². The number of carbonyl (C=O) groups is 1. The second-order valence-electron chi connectivity index (χ2n) is 7.41. The fraction of sp³-hybridized carbons (Fsp3) is 0.421. The van der Waals surface area contributed by atoms with Crippen molar-refractivity contribution >= 4 is 27.3 Å². The molecule has 0 bridgehead atoms. The second-order valence-corrected chi connectivity index (χ2v) is 10.5. The van der Waals surface area contributed by atoms with E-state index in [0.29, 0.717) is 36.3 Å². The van der Waals surface area contributed by atoms with Crippen LogP contribution in [0.25, 0.3) is 11.4 Å². The van der Waals surface area contributed by atoms with Crippen LogP contribution in [0.4, 0.5) is 0 Å². The molecule has 0 unspecified atom stereocenters. The summed E-state index contributed by atoms with van der Waals surface area (Å²) in [4.78, 5) is 18.4. The number of amides is 1. The number of carbonyl (C=O) groups excluding carboxylic acids is 1. The van der Waals surface area contributed by atoms with Crippen LogP contribution in [0.2, 0.25) is 0 Å². The lowest BCUT2D eigenvalue weighted by Gasteiger charge is -2.33. The fourth-order valence-corrected chi connectivity index (χ4v) is 6.29. The predicted octanol–water partition coefficient (Wildman–Crippen LogP) is 2.81. The Hall–Kier alpha value is -2.50. The van der Waals surface area contributed by atoms with Gasteiger partial charge in [0.25, 0.3) is 15.9 Å². The lowest BCUT2D eigenvalue weighted by Crippen LogP contribution is -2.50. The maximum absolute atomic E-state index is 13.1. The summed E-state index contributed by atoms with van der Waals surface area (Å²) in [7, 11) is -3.65. The molecule has 3 aromatic heterocycles. The van der Waals surface area contributed by atoms with Gasteiger partial charge < -0.3 is 13.8 Å². The molecular formula is C19H20N4O5S2. The molecule has 1 aliphatic heterocycles. The van der Waals surface area contributed by atoms with Crippen molar-refractivity contribution in [3.8, 4) is 11.4 Å². The van der Waals surface area contributed by atoms with E-state index in [1.54, 1.807) is 28.5 Å². The standard InChI is InChI=1S/C19H20N4O5S2/c24-19(15-5-2-10-27-15)22-6-8-23(9-7-22)30(25,26)16-11-14(12-29-16)17-20-18(28-21-17)13-3-1-4-13/h2,5,10-13H,1,3-4,6-9H2. The van der Waals surface area contributed by atoms with Gasteiger partial charge in [0.15, 0.2) is 5.76 Å². The number of nitrogens with zero attached hydrogens (tertiary/aromatic N) is 4. The Kier molecular flexibility index (Phi) is 4.95. The molecule has 0 N–H and O–H groups in total. The van der Waals surface area contributed by atoms with Crippen LogP contribution in [-0.4, -0.2) is 59.8 Å². The van der Waals surface area contributed by atoms with E-state index >= 15 is 0 Å². The summed E-state index contributed by atoms with van der Waals surface area (Å²) in [6.07, 6.45) is 4.73. The molecule has 9 nitrogen and oxygen atoms in total. The van der Waals surface area contributed by atoms with E-state index in [0.717, 1.165) is 24.2 Å². The van der Waals surface area contributed by atoms with Crippen molar-refractivity contribution in [2.24, 2.45) is 0 Å². The first-order valence-corrected chi connectivity index (χ1v) is 12.1. The molecule has 0 aromatic carbocycles. The van der Waals surface area contributed by atoms with Crippen molar-refractivity contribution in [1.29, 1.82) is 0 Å². The average Bonchev–Trinajstić information content (AvgIpc) is 3.47. The normalized spacial score (nSPS) is 18.5. The number of rotatable bonds is 5. The molecule has 4 heterocycles. The van der Waals surface area contributed by atoms with Crippen molar-refractivity contribution in [3.63, 3.8) is 0 Å². The number of hydrogen-bond acceptors (Lipinski definition) is 8. The van der Waals surface area contributed by atoms with Gasteiger partial charge in [-0.15, -0.1) is 11.3 Å². The first-order chi connectivity index (χ1) is 14.5. The van der Waals surface area contributed by atoms with Crippen molar-refractivity contribution < 1.29 is 22.2 Å². The van der Waals surface area contributed by atoms with E-state index in [-0.39, 0.29) is 29.0 Å². The fourth-order valence-electron chi connectivity index (χ4n) is 3.56. The van der Waals surface area contributed by atoms with Crippen LogP contribution >= 0.6 is 11.3 Å². The summed E-state index contributed by atoms with van der Waals surface area (Å²) < 4.78 is 38.2. The highest BCUT2D eigenvalue weighted by atomic mass is 32.2. The largest absolute Gasteiger partial charge is 0.459 e. The molecule has 0 radical (unpaired) electrons. The molecule has 3 aromatic rings. The molecule has 1 saturated carbocycles. The van der Waals surface area contributed by atoms with E-state index in [9.17, 15) is 13.2 Å². The van der Waals surface area contributed by atoms with Crippen LogP contribution in [-0.2, 0) is 10.0 Å². The lowest BCUT2D eigenvalue weighted by atomic mass is 9.85. The SMILES string of the molecule is O=C(c1ccco1)N1CCN(S(=O)(=O)c2cc(-c3noc(C4CCC4)n3)cs2)CC1. The molecule has 5 rings (SSSR count). The molecule has 1 saturated heterocycles. The Bertz CT molecular complexity index is 1140. The van der Waals surface area contributed by atoms with E-state index in [2.05, 4.69) is 10.1 Å². The molecule has 11 heteroatoms. The molecule has 2 fully saturated rings. The highest BCUT2D eigenvalue weighted by Crippen LogP contribution is 2.37. The van der Waals surface area contributed by atoms with Crippen molar-refractivity contribution in [2.45, 2.75) is 29.4 Å². The minimum Gasteiger partial charge on any atom is -0.459 e. The third kappa shape index (κ3) is 3.46. The molecule has 158 valence electrons.